The number of hydrogen-bond donors (Lipinski definition) is 1. The van der Waals surface area contributed by atoms with Gasteiger partial charge in [-0.2, -0.15) is 0 Å². The molecule has 2 aromatic carbocycles. The topological polar surface area (TPSA) is 140 Å². The van der Waals surface area contributed by atoms with E-state index in [4.69, 9.17) is 4.42 Å². The molecule has 32 heavy (non-hydrogen) atoms. The third kappa shape index (κ3) is 5.39. The molecule has 3 aromatic rings. The number of sulfonamides is 1. The molecule has 3 rings (SSSR count). The van der Waals surface area contributed by atoms with Gasteiger partial charge in [-0.25, -0.2) is 21.1 Å². The lowest BCUT2D eigenvalue weighted by molar-refractivity contribution is -0.115. The van der Waals surface area contributed by atoms with Crippen molar-refractivity contribution in [3.8, 4) is 11.5 Å². The Morgan fingerprint density at radius 2 is 1.53 bits per heavy atom. The van der Waals surface area contributed by atoms with Gasteiger partial charge in [-0.1, -0.05) is 22.8 Å². The Labute approximate surface area is 186 Å². The van der Waals surface area contributed by atoms with Gasteiger partial charge in [0, 0.05) is 26.1 Å². The second-order valence-electron chi connectivity index (χ2n) is 7.15. The summed E-state index contributed by atoms with van der Waals surface area (Å²) >= 11 is 0. The van der Waals surface area contributed by atoms with Gasteiger partial charge in [-0.05, 0) is 43.3 Å². The average Bonchev–Trinajstić information content (AvgIpc) is 3.21. The predicted octanol–water partition coefficient (Wildman–Crippen LogP) is 2.10. The van der Waals surface area contributed by atoms with E-state index in [-0.39, 0.29) is 33.9 Å². The van der Waals surface area contributed by atoms with E-state index >= 15 is 0 Å². The lowest BCUT2D eigenvalue weighted by Crippen LogP contribution is -2.22. The number of sulfone groups is 1. The first-order valence-electron chi connectivity index (χ1n) is 9.45. The van der Waals surface area contributed by atoms with Crippen LogP contribution in [0.25, 0.3) is 11.5 Å². The summed E-state index contributed by atoms with van der Waals surface area (Å²) in [7, 11) is -4.31. The van der Waals surface area contributed by atoms with Gasteiger partial charge >= 0.3 is 6.01 Å². The molecule has 0 spiro atoms. The lowest BCUT2D eigenvalue weighted by Gasteiger charge is -2.11. The van der Waals surface area contributed by atoms with E-state index in [9.17, 15) is 21.6 Å². The Morgan fingerprint density at radius 3 is 2.12 bits per heavy atom. The summed E-state index contributed by atoms with van der Waals surface area (Å²) in [5.74, 6) is -0.894. The average molecular weight is 479 g/mol. The van der Waals surface area contributed by atoms with Crippen molar-refractivity contribution in [3.05, 3.63) is 54.1 Å². The van der Waals surface area contributed by atoms with Crippen LogP contribution in [0.1, 0.15) is 12.0 Å². The standard InChI is InChI=1S/C20H22N4O6S2/c1-14-4-8-16(9-5-14)31(26,27)13-12-18(25)21-20-23-22-19(30-20)15-6-10-17(11-7-15)32(28,29)24(2)3/h4-11H,12-13H2,1-3H3,(H,21,23,25). The third-order valence-electron chi connectivity index (χ3n) is 4.53. The quantitative estimate of drug-likeness (QED) is 0.519. The van der Waals surface area contributed by atoms with Gasteiger partial charge in [0.1, 0.15) is 0 Å². The van der Waals surface area contributed by atoms with Crippen molar-refractivity contribution in [3.63, 3.8) is 0 Å². The molecular weight excluding hydrogens is 456 g/mol. The Morgan fingerprint density at radius 1 is 0.938 bits per heavy atom. The molecule has 1 amide bonds. The number of hydrogen-bond acceptors (Lipinski definition) is 8. The molecular formula is C20H22N4O6S2. The highest BCUT2D eigenvalue weighted by Gasteiger charge is 2.19. The number of nitrogens with one attached hydrogen (secondary N) is 1. The molecule has 12 heteroatoms. The number of aromatic nitrogens is 2. The maximum atomic E-state index is 12.4. The van der Waals surface area contributed by atoms with Crippen molar-refractivity contribution >= 4 is 31.8 Å². The number of benzene rings is 2. The van der Waals surface area contributed by atoms with Crippen LogP contribution in [0.2, 0.25) is 0 Å². The molecule has 0 unspecified atom stereocenters. The van der Waals surface area contributed by atoms with Crippen LogP contribution in [0.5, 0.6) is 0 Å². The van der Waals surface area contributed by atoms with Crippen LogP contribution >= 0.6 is 0 Å². The maximum absolute atomic E-state index is 12.4. The van der Waals surface area contributed by atoms with Gasteiger partial charge in [-0.3, -0.25) is 10.1 Å². The Kier molecular flexibility index (Phi) is 6.77. The van der Waals surface area contributed by atoms with Crippen LogP contribution in [0, 0.1) is 6.92 Å². The van der Waals surface area contributed by atoms with Crippen molar-refractivity contribution in [2.24, 2.45) is 0 Å². The first-order chi connectivity index (χ1) is 15.0. The van der Waals surface area contributed by atoms with Crippen molar-refractivity contribution < 1.29 is 26.0 Å². The van der Waals surface area contributed by atoms with Gasteiger partial charge in [0.15, 0.2) is 9.84 Å². The minimum Gasteiger partial charge on any atom is -0.403 e. The van der Waals surface area contributed by atoms with Crippen LogP contribution in [-0.2, 0) is 24.7 Å². The van der Waals surface area contributed by atoms with Gasteiger partial charge in [0.25, 0.3) is 0 Å². The van der Waals surface area contributed by atoms with Gasteiger partial charge < -0.3 is 4.42 Å². The molecule has 0 aliphatic rings. The minimum absolute atomic E-state index is 0.0707. The number of amides is 1. The molecule has 0 saturated carbocycles. The summed E-state index contributed by atoms with van der Waals surface area (Å²) in [4.78, 5) is 12.4. The summed E-state index contributed by atoms with van der Waals surface area (Å²) in [6.07, 6.45) is -0.287. The molecule has 170 valence electrons. The molecule has 0 aliphatic carbocycles. The minimum atomic E-state index is -3.60. The molecule has 1 aromatic heterocycles. The normalized spacial score (nSPS) is 12.1. The fourth-order valence-electron chi connectivity index (χ4n) is 2.64. The van der Waals surface area contributed by atoms with E-state index in [0.29, 0.717) is 5.56 Å². The number of carbonyl (C=O) groups is 1. The number of rotatable bonds is 8. The first-order valence-corrected chi connectivity index (χ1v) is 12.5. The molecule has 0 aliphatic heterocycles. The first kappa shape index (κ1) is 23.6. The highest BCUT2D eigenvalue weighted by molar-refractivity contribution is 7.91. The Hall–Kier alpha value is -3.09. The molecule has 0 atom stereocenters. The molecule has 1 heterocycles. The fraction of sp³-hybridized carbons (Fsp3) is 0.250. The van der Waals surface area contributed by atoms with E-state index in [1.54, 1.807) is 12.1 Å². The molecule has 0 radical (unpaired) electrons. The smallest absolute Gasteiger partial charge is 0.322 e. The molecule has 10 nitrogen and oxygen atoms in total. The van der Waals surface area contributed by atoms with Crippen molar-refractivity contribution in [2.45, 2.75) is 23.1 Å². The van der Waals surface area contributed by atoms with E-state index in [0.717, 1.165) is 9.87 Å². The van der Waals surface area contributed by atoms with E-state index in [1.165, 1.54) is 50.5 Å². The van der Waals surface area contributed by atoms with Gasteiger partial charge in [0.05, 0.1) is 15.5 Å². The van der Waals surface area contributed by atoms with Crippen molar-refractivity contribution in [2.75, 3.05) is 25.2 Å². The zero-order chi connectivity index (χ0) is 23.5. The number of anilines is 1. The largest absolute Gasteiger partial charge is 0.403 e. The number of carbonyl (C=O) groups excluding carboxylic acids is 1. The highest BCUT2D eigenvalue weighted by Crippen LogP contribution is 2.23. The van der Waals surface area contributed by atoms with Crippen LogP contribution in [0.15, 0.2) is 62.7 Å². The fourth-order valence-corrected chi connectivity index (χ4v) is 4.79. The third-order valence-corrected chi connectivity index (χ3v) is 8.09. The van der Waals surface area contributed by atoms with Crippen LogP contribution < -0.4 is 5.32 Å². The van der Waals surface area contributed by atoms with Crippen LogP contribution in [0.3, 0.4) is 0 Å². The summed E-state index contributed by atoms with van der Waals surface area (Å²) in [5, 5.41) is 9.91. The maximum Gasteiger partial charge on any atom is 0.322 e. The van der Waals surface area contributed by atoms with E-state index < -0.39 is 25.8 Å². The summed E-state index contributed by atoms with van der Waals surface area (Å²) in [6.45, 7) is 1.85. The SMILES string of the molecule is Cc1ccc(S(=O)(=O)CCC(=O)Nc2nnc(-c3ccc(S(=O)(=O)N(C)C)cc3)o2)cc1. The van der Waals surface area contributed by atoms with E-state index in [1.807, 2.05) is 6.92 Å². The second kappa shape index (κ2) is 9.18. The van der Waals surface area contributed by atoms with Crippen LogP contribution in [0.4, 0.5) is 6.01 Å². The zero-order valence-electron chi connectivity index (χ0n) is 17.6. The molecule has 0 fully saturated rings. The Bertz CT molecular complexity index is 1310. The van der Waals surface area contributed by atoms with Gasteiger partial charge in [-0.15, -0.1) is 5.10 Å². The van der Waals surface area contributed by atoms with Gasteiger partial charge in [0.2, 0.25) is 21.8 Å². The number of nitrogens with zero attached hydrogens (tertiary/aromatic N) is 3. The highest BCUT2D eigenvalue weighted by atomic mass is 32.2. The lowest BCUT2D eigenvalue weighted by atomic mass is 10.2. The van der Waals surface area contributed by atoms with Crippen LogP contribution in [-0.4, -0.2) is 57.1 Å². The number of aryl methyl sites for hydroxylation is 1. The van der Waals surface area contributed by atoms with Crippen molar-refractivity contribution in [1.29, 1.82) is 0 Å². The summed E-state index contributed by atoms with van der Waals surface area (Å²) in [5.41, 5.74) is 1.39. The predicted molar refractivity (Wildman–Crippen MR) is 117 cm³/mol. The zero-order valence-corrected chi connectivity index (χ0v) is 19.3. The summed E-state index contributed by atoms with van der Waals surface area (Å²) in [6, 6.07) is 12.0. The monoisotopic (exact) mass is 478 g/mol. The molecule has 0 saturated heterocycles. The second-order valence-corrected chi connectivity index (χ2v) is 11.4. The molecule has 0 bridgehead atoms. The van der Waals surface area contributed by atoms with Crippen molar-refractivity contribution in [1.82, 2.24) is 14.5 Å². The molecule has 1 N–H and O–H groups in total. The summed E-state index contributed by atoms with van der Waals surface area (Å²) < 4.78 is 55.4. The van der Waals surface area contributed by atoms with E-state index in [2.05, 4.69) is 15.5 Å². The Balaban J connectivity index is 1.62.